The first kappa shape index (κ1) is 13.4. The molecule has 0 radical (unpaired) electrons. The predicted octanol–water partition coefficient (Wildman–Crippen LogP) is 0.925. The smallest absolute Gasteiger partial charge is 0.312 e. The second-order valence-corrected chi connectivity index (χ2v) is 5.22. The van der Waals surface area contributed by atoms with Crippen LogP contribution < -0.4 is 10.5 Å². The highest BCUT2D eigenvalue weighted by molar-refractivity contribution is 7.85. The fourth-order valence-corrected chi connectivity index (χ4v) is 2.58. The Morgan fingerprint density at radius 2 is 1.89 bits per heavy atom. The lowest BCUT2D eigenvalue weighted by Gasteiger charge is -2.04. The average molecular weight is 283 g/mol. The summed E-state index contributed by atoms with van der Waals surface area (Å²) in [6.07, 6.45) is 0. The van der Waals surface area contributed by atoms with E-state index >= 15 is 0 Å². The van der Waals surface area contributed by atoms with Gasteiger partial charge in [0.15, 0.2) is 5.03 Å². The van der Waals surface area contributed by atoms with Crippen LogP contribution in [-0.2, 0) is 17.2 Å². The number of rotatable bonds is 3. The Balaban J connectivity index is 2.65. The first-order valence-corrected chi connectivity index (χ1v) is 6.72. The molecule has 1 aromatic carbocycles. The van der Waals surface area contributed by atoms with E-state index in [1.807, 2.05) is 0 Å². The predicted molar refractivity (Wildman–Crippen MR) is 69.4 cm³/mol. The molecule has 0 aliphatic heterocycles. The van der Waals surface area contributed by atoms with Crippen molar-refractivity contribution in [2.24, 2.45) is 7.05 Å². The second kappa shape index (κ2) is 4.56. The topological polar surface area (TPSA) is 107 Å². The minimum absolute atomic E-state index is 0.00144. The first-order valence-electron chi connectivity index (χ1n) is 5.28. The van der Waals surface area contributed by atoms with Crippen molar-refractivity contribution in [1.82, 2.24) is 9.55 Å². The molecule has 8 heteroatoms. The lowest BCUT2D eigenvalue weighted by Crippen LogP contribution is -2.08. The number of methoxy groups -OCH3 is 1. The van der Waals surface area contributed by atoms with Crippen molar-refractivity contribution in [1.29, 1.82) is 0 Å². The lowest BCUT2D eigenvalue weighted by atomic mass is 10.1. The number of benzene rings is 1. The molecule has 0 spiro atoms. The highest BCUT2D eigenvalue weighted by Gasteiger charge is 2.24. The monoisotopic (exact) mass is 283 g/mol. The van der Waals surface area contributed by atoms with Gasteiger partial charge in [0.2, 0.25) is 5.95 Å². The van der Waals surface area contributed by atoms with Crippen molar-refractivity contribution >= 4 is 16.1 Å². The summed E-state index contributed by atoms with van der Waals surface area (Å²) in [7, 11) is -1.48. The number of anilines is 1. The highest BCUT2D eigenvalue weighted by Crippen LogP contribution is 2.29. The maximum atomic E-state index is 11.4. The minimum Gasteiger partial charge on any atom is -0.497 e. The van der Waals surface area contributed by atoms with Gasteiger partial charge in [-0.1, -0.05) is 0 Å². The second-order valence-electron chi connectivity index (χ2n) is 3.89. The number of nitrogen functional groups attached to an aromatic ring is 1. The summed E-state index contributed by atoms with van der Waals surface area (Å²) < 4.78 is 38.2. The van der Waals surface area contributed by atoms with Crippen molar-refractivity contribution in [3.63, 3.8) is 0 Å². The normalized spacial score (nSPS) is 11.5. The fraction of sp³-hybridized carbons (Fsp3) is 0.182. The summed E-state index contributed by atoms with van der Waals surface area (Å²) >= 11 is 0. The van der Waals surface area contributed by atoms with Crippen molar-refractivity contribution in [3.8, 4) is 17.0 Å². The van der Waals surface area contributed by atoms with E-state index in [1.165, 1.54) is 14.2 Å². The average Bonchev–Trinajstić information content (AvgIpc) is 2.65. The molecule has 7 nitrogen and oxygen atoms in total. The Morgan fingerprint density at radius 3 is 2.37 bits per heavy atom. The zero-order valence-electron chi connectivity index (χ0n) is 10.4. The molecule has 1 aromatic heterocycles. The summed E-state index contributed by atoms with van der Waals surface area (Å²) in [6.45, 7) is 0. The Morgan fingerprint density at radius 1 is 1.32 bits per heavy atom. The number of nitrogens with zero attached hydrogens (tertiary/aromatic N) is 2. The van der Waals surface area contributed by atoms with Gasteiger partial charge in [-0.25, -0.2) is 4.98 Å². The summed E-state index contributed by atoms with van der Waals surface area (Å²) in [6, 6.07) is 6.59. The number of ether oxygens (including phenoxy) is 1. The van der Waals surface area contributed by atoms with Crippen LogP contribution >= 0.6 is 0 Å². The van der Waals surface area contributed by atoms with E-state index in [9.17, 15) is 13.0 Å². The van der Waals surface area contributed by atoms with Gasteiger partial charge in [0.1, 0.15) is 11.4 Å². The van der Waals surface area contributed by atoms with Crippen molar-refractivity contribution in [2.75, 3.05) is 12.8 Å². The molecule has 3 N–H and O–H groups in total. The molecule has 0 saturated carbocycles. The van der Waals surface area contributed by atoms with Gasteiger partial charge >= 0.3 is 10.1 Å². The molecule has 0 amide bonds. The Kier molecular flexibility index (Phi) is 3.21. The molecule has 0 fully saturated rings. The third kappa shape index (κ3) is 2.40. The van der Waals surface area contributed by atoms with Gasteiger partial charge in [0.05, 0.1) is 7.11 Å². The van der Waals surface area contributed by atoms with Gasteiger partial charge < -0.3 is 15.0 Å². The molecule has 0 saturated heterocycles. The van der Waals surface area contributed by atoms with E-state index in [1.54, 1.807) is 24.3 Å². The van der Waals surface area contributed by atoms with E-state index in [0.717, 1.165) is 4.57 Å². The lowest BCUT2D eigenvalue weighted by molar-refractivity contribution is 0.415. The van der Waals surface area contributed by atoms with Gasteiger partial charge in [0.25, 0.3) is 0 Å². The van der Waals surface area contributed by atoms with Gasteiger partial charge in [-0.2, -0.15) is 8.42 Å². The third-order valence-corrected chi connectivity index (χ3v) is 3.64. The maximum absolute atomic E-state index is 11.4. The van der Waals surface area contributed by atoms with Crippen LogP contribution in [0.2, 0.25) is 0 Å². The van der Waals surface area contributed by atoms with Crippen molar-refractivity contribution in [3.05, 3.63) is 24.3 Å². The van der Waals surface area contributed by atoms with Crippen LogP contribution in [0.4, 0.5) is 5.95 Å². The minimum atomic E-state index is -4.42. The molecule has 0 bridgehead atoms. The maximum Gasteiger partial charge on any atom is 0.312 e. The van der Waals surface area contributed by atoms with Crippen molar-refractivity contribution in [2.45, 2.75) is 5.03 Å². The van der Waals surface area contributed by atoms with E-state index in [4.69, 9.17) is 10.5 Å². The Bertz CT molecular complexity index is 704. The molecule has 0 unspecified atom stereocenters. The number of nitrogens with two attached hydrogens (primary N) is 1. The van der Waals surface area contributed by atoms with E-state index < -0.39 is 10.1 Å². The van der Waals surface area contributed by atoms with E-state index in [-0.39, 0.29) is 16.7 Å². The summed E-state index contributed by atoms with van der Waals surface area (Å²) in [5, 5.41) is -0.338. The standard InChI is InChI=1S/C11H13N3O4S/c1-14-10(19(15,16)17)9(13-11(14)12)7-3-5-8(18-2)6-4-7/h3-6H,1-2H3,(H2,12,13)(H,15,16,17). The molecule has 0 atom stereocenters. The zero-order valence-corrected chi connectivity index (χ0v) is 11.2. The highest BCUT2D eigenvalue weighted by atomic mass is 32.2. The van der Waals surface area contributed by atoms with Crippen molar-refractivity contribution < 1.29 is 17.7 Å². The molecule has 0 aliphatic rings. The third-order valence-electron chi connectivity index (χ3n) is 2.69. The number of hydrogen-bond acceptors (Lipinski definition) is 5. The van der Waals surface area contributed by atoms with Gasteiger partial charge in [0, 0.05) is 12.6 Å². The molecule has 102 valence electrons. The summed E-state index contributed by atoms with van der Waals surface area (Å²) in [5.41, 5.74) is 6.20. The Hall–Kier alpha value is -2.06. The quantitative estimate of drug-likeness (QED) is 0.811. The van der Waals surface area contributed by atoms with Crippen LogP contribution in [-0.4, -0.2) is 29.6 Å². The number of hydrogen-bond donors (Lipinski definition) is 2. The number of aromatic nitrogens is 2. The molecule has 2 aromatic rings. The van der Waals surface area contributed by atoms with E-state index in [2.05, 4.69) is 4.98 Å². The Labute approximate surface area is 110 Å². The summed E-state index contributed by atoms with van der Waals surface area (Å²) in [4.78, 5) is 3.96. The van der Waals surface area contributed by atoms with Crippen LogP contribution in [0.5, 0.6) is 5.75 Å². The molecule has 19 heavy (non-hydrogen) atoms. The van der Waals surface area contributed by atoms with Crippen LogP contribution in [0.1, 0.15) is 0 Å². The van der Waals surface area contributed by atoms with Crippen LogP contribution in [0.15, 0.2) is 29.3 Å². The molecule has 1 heterocycles. The zero-order chi connectivity index (χ0) is 14.2. The molecule has 2 rings (SSSR count). The molecular weight excluding hydrogens is 270 g/mol. The SMILES string of the molecule is COc1ccc(-c2nc(N)n(C)c2S(=O)(=O)O)cc1. The van der Waals surface area contributed by atoms with Gasteiger partial charge in [-0.15, -0.1) is 0 Å². The van der Waals surface area contributed by atoms with Crippen LogP contribution in [0.25, 0.3) is 11.3 Å². The van der Waals surface area contributed by atoms with E-state index in [0.29, 0.717) is 11.3 Å². The van der Waals surface area contributed by atoms with Crippen LogP contribution in [0.3, 0.4) is 0 Å². The fourth-order valence-electron chi connectivity index (χ4n) is 1.73. The largest absolute Gasteiger partial charge is 0.497 e. The number of imidazole rings is 1. The van der Waals surface area contributed by atoms with Gasteiger partial charge in [-0.05, 0) is 24.3 Å². The van der Waals surface area contributed by atoms with Crippen LogP contribution in [0, 0.1) is 0 Å². The molecular formula is C11H13N3O4S. The summed E-state index contributed by atoms with van der Waals surface area (Å²) in [5.74, 6) is 0.625. The molecule has 0 aliphatic carbocycles. The first-order chi connectivity index (χ1) is 8.84. The van der Waals surface area contributed by atoms with Gasteiger partial charge in [-0.3, -0.25) is 4.55 Å².